The first-order valence-electron chi connectivity index (χ1n) is 8.60. The number of para-hydroxylation sites is 2. The number of fused-ring (bicyclic) bond motifs is 2. The summed E-state index contributed by atoms with van der Waals surface area (Å²) in [5.41, 5.74) is 9.24. The van der Waals surface area contributed by atoms with Crippen LogP contribution in [-0.2, 0) is 11.3 Å². The second kappa shape index (κ2) is 7.32. The molecule has 0 fully saturated rings. The van der Waals surface area contributed by atoms with Crippen LogP contribution in [0, 0.1) is 0 Å². The number of anilines is 2. The highest BCUT2D eigenvalue weighted by Crippen LogP contribution is 2.36. The quantitative estimate of drug-likeness (QED) is 0.550. The van der Waals surface area contributed by atoms with Gasteiger partial charge in [0, 0.05) is 24.4 Å². The molecule has 2 amide bonds. The Labute approximate surface area is 161 Å². The monoisotopic (exact) mass is 372 g/mol. The first-order chi connectivity index (χ1) is 13.6. The molecule has 138 valence electrons. The Hall–Kier alpha value is -4.00. The molecule has 4 rings (SSSR count). The average molecular weight is 372 g/mol. The van der Waals surface area contributed by atoms with Crippen molar-refractivity contribution < 1.29 is 14.4 Å². The Balaban J connectivity index is 1.79. The second-order valence-electron chi connectivity index (χ2n) is 6.15. The fraction of sp³-hybridized carbons (Fsp3) is 0.0476. The van der Waals surface area contributed by atoms with Crippen LogP contribution in [0.4, 0.5) is 16.2 Å². The van der Waals surface area contributed by atoms with Crippen LogP contribution in [0.3, 0.4) is 0 Å². The van der Waals surface area contributed by atoms with E-state index in [2.05, 4.69) is 10.1 Å². The number of benzene rings is 2. The molecule has 0 saturated carbocycles. The average Bonchev–Trinajstić information content (AvgIpc) is 2.87. The summed E-state index contributed by atoms with van der Waals surface area (Å²) in [4.78, 5) is 35.0. The predicted octanol–water partition coefficient (Wildman–Crippen LogP) is 3.42. The number of oxime groups is 1. The van der Waals surface area contributed by atoms with Gasteiger partial charge in [-0.15, -0.1) is 0 Å². The van der Waals surface area contributed by atoms with E-state index >= 15 is 0 Å². The largest absolute Gasteiger partial charge is 0.367 e. The standard InChI is InChI=1S/C21H16N4O3/c22-21(27)25-18-9-3-1-6-14(18)12-17(16-8-2-4-10-19(16)25)24-28-20(26)15-7-5-11-23-13-15/h1-11,13H,12H2,(H2,22,27). The van der Waals surface area contributed by atoms with Crippen molar-refractivity contribution in [1.29, 1.82) is 0 Å². The van der Waals surface area contributed by atoms with Gasteiger partial charge in [0.25, 0.3) is 0 Å². The van der Waals surface area contributed by atoms with E-state index in [1.165, 1.54) is 11.1 Å². The van der Waals surface area contributed by atoms with Crippen molar-refractivity contribution in [2.75, 3.05) is 4.90 Å². The first-order valence-corrected chi connectivity index (χ1v) is 8.60. The lowest BCUT2D eigenvalue weighted by Crippen LogP contribution is -2.32. The molecule has 0 unspecified atom stereocenters. The Morgan fingerprint density at radius 2 is 1.75 bits per heavy atom. The van der Waals surface area contributed by atoms with Crippen molar-refractivity contribution in [3.63, 3.8) is 0 Å². The van der Waals surface area contributed by atoms with Crippen LogP contribution in [-0.4, -0.2) is 22.7 Å². The van der Waals surface area contributed by atoms with Crippen LogP contribution in [0.5, 0.6) is 0 Å². The van der Waals surface area contributed by atoms with E-state index in [0.717, 1.165) is 5.56 Å². The summed E-state index contributed by atoms with van der Waals surface area (Å²) >= 11 is 0. The van der Waals surface area contributed by atoms with Crippen molar-refractivity contribution in [1.82, 2.24) is 4.98 Å². The van der Waals surface area contributed by atoms with Gasteiger partial charge in [0.15, 0.2) is 0 Å². The summed E-state index contributed by atoms with van der Waals surface area (Å²) in [6.45, 7) is 0. The highest BCUT2D eigenvalue weighted by Gasteiger charge is 2.27. The van der Waals surface area contributed by atoms with Gasteiger partial charge in [-0.2, -0.15) is 0 Å². The molecule has 1 aliphatic heterocycles. The van der Waals surface area contributed by atoms with Crippen molar-refractivity contribution in [2.45, 2.75) is 6.42 Å². The minimum absolute atomic E-state index is 0.299. The molecular weight excluding hydrogens is 356 g/mol. The van der Waals surface area contributed by atoms with Gasteiger partial charge in [-0.25, -0.2) is 9.59 Å². The van der Waals surface area contributed by atoms with Crippen LogP contribution >= 0.6 is 0 Å². The van der Waals surface area contributed by atoms with Crippen molar-refractivity contribution >= 4 is 29.1 Å². The maximum Gasteiger partial charge on any atom is 0.367 e. The van der Waals surface area contributed by atoms with Crippen LogP contribution < -0.4 is 10.6 Å². The molecule has 0 saturated heterocycles. The topological polar surface area (TPSA) is 97.9 Å². The number of pyridine rings is 1. The summed E-state index contributed by atoms with van der Waals surface area (Å²) in [7, 11) is 0. The minimum Gasteiger partial charge on any atom is -0.351 e. The lowest BCUT2D eigenvalue weighted by atomic mass is 10.0. The van der Waals surface area contributed by atoms with E-state index in [-0.39, 0.29) is 0 Å². The van der Waals surface area contributed by atoms with Crippen molar-refractivity contribution in [3.05, 3.63) is 89.7 Å². The molecule has 0 atom stereocenters. The maximum absolute atomic E-state index is 12.2. The third kappa shape index (κ3) is 3.21. The number of nitrogens with two attached hydrogens (primary N) is 1. The van der Waals surface area contributed by atoms with E-state index in [1.807, 2.05) is 42.5 Å². The first kappa shape index (κ1) is 17.4. The lowest BCUT2D eigenvalue weighted by Gasteiger charge is -2.22. The molecule has 1 aliphatic rings. The van der Waals surface area contributed by atoms with Crippen molar-refractivity contribution in [3.8, 4) is 0 Å². The number of nitrogens with zero attached hydrogens (tertiary/aromatic N) is 3. The number of amides is 2. The van der Waals surface area contributed by atoms with Crippen LogP contribution in [0.2, 0.25) is 0 Å². The number of urea groups is 1. The van der Waals surface area contributed by atoms with E-state index in [9.17, 15) is 9.59 Å². The van der Waals surface area contributed by atoms with Crippen LogP contribution in [0.1, 0.15) is 21.5 Å². The number of rotatable bonds is 2. The molecule has 3 aromatic rings. The van der Waals surface area contributed by atoms with E-state index < -0.39 is 12.0 Å². The molecule has 7 heteroatoms. The normalized spacial score (nSPS) is 14.0. The molecule has 28 heavy (non-hydrogen) atoms. The van der Waals surface area contributed by atoms with Gasteiger partial charge in [-0.05, 0) is 29.8 Å². The molecule has 2 N–H and O–H groups in total. The molecule has 1 aromatic heterocycles. The zero-order chi connectivity index (χ0) is 19.5. The third-order valence-corrected chi connectivity index (χ3v) is 4.40. The van der Waals surface area contributed by atoms with E-state index in [0.29, 0.717) is 34.6 Å². The molecule has 7 nitrogen and oxygen atoms in total. The van der Waals surface area contributed by atoms with Crippen molar-refractivity contribution in [2.24, 2.45) is 10.9 Å². The van der Waals surface area contributed by atoms with Crippen LogP contribution in [0.25, 0.3) is 0 Å². The van der Waals surface area contributed by atoms with Gasteiger partial charge in [0.05, 0.1) is 22.6 Å². The summed E-state index contributed by atoms with van der Waals surface area (Å²) in [6, 6.07) is 17.3. The van der Waals surface area contributed by atoms with Gasteiger partial charge in [0.2, 0.25) is 0 Å². The lowest BCUT2D eigenvalue weighted by molar-refractivity contribution is 0.0515. The van der Waals surface area contributed by atoms with Gasteiger partial charge < -0.3 is 10.6 Å². The molecule has 0 aliphatic carbocycles. The molecular formula is C21H16N4O3. The Bertz CT molecular complexity index is 1080. The highest BCUT2D eigenvalue weighted by molar-refractivity contribution is 6.13. The number of carbonyl (C=O) groups excluding carboxylic acids is 2. The van der Waals surface area contributed by atoms with Gasteiger partial charge in [-0.1, -0.05) is 41.6 Å². The Morgan fingerprint density at radius 1 is 1.00 bits per heavy atom. The number of carbonyl (C=O) groups is 2. The number of hydrogen-bond acceptors (Lipinski definition) is 5. The summed E-state index contributed by atoms with van der Waals surface area (Å²) in [5, 5.41) is 4.11. The zero-order valence-corrected chi connectivity index (χ0v) is 14.8. The molecule has 2 heterocycles. The molecule has 2 aromatic carbocycles. The number of primary amides is 1. The molecule has 0 radical (unpaired) electrons. The third-order valence-electron chi connectivity index (χ3n) is 4.40. The van der Waals surface area contributed by atoms with E-state index in [4.69, 9.17) is 10.6 Å². The summed E-state index contributed by atoms with van der Waals surface area (Å²) < 4.78 is 0. The van der Waals surface area contributed by atoms with Crippen LogP contribution in [0.15, 0.2) is 78.2 Å². The fourth-order valence-corrected chi connectivity index (χ4v) is 3.15. The van der Waals surface area contributed by atoms with Gasteiger partial charge in [-0.3, -0.25) is 9.88 Å². The summed E-state index contributed by atoms with van der Waals surface area (Å²) in [5.74, 6) is -0.609. The number of hydrogen-bond donors (Lipinski definition) is 1. The SMILES string of the molecule is NC(=O)N1c2ccccc2CC(=NOC(=O)c2cccnc2)c2ccccc21. The maximum atomic E-state index is 12.2. The zero-order valence-electron chi connectivity index (χ0n) is 14.8. The second-order valence-corrected chi connectivity index (χ2v) is 6.15. The fourth-order valence-electron chi connectivity index (χ4n) is 3.15. The van der Waals surface area contributed by atoms with Gasteiger partial charge in [0.1, 0.15) is 0 Å². The minimum atomic E-state index is -0.609. The Kier molecular flexibility index (Phi) is 4.55. The highest BCUT2D eigenvalue weighted by atomic mass is 16.7. The number of aromatic nitrogens is 1. The van der Waals surface area contributed by atoms with Gasteiger partial charge >= 0.3 is 12.0 Å². The predicted molar refractivity (Wildman–Crippen MR) is 104 cm³/mol. The summed E-state index contributed by atoms with van der Waals surface area (Å²) in [6.07, 6.45) is 3.35. The Morgan fingerprint density at radius 3 is 2.50 bits per heavy atom. The van der Waals surface area contributed by atoms with E-state index in [1.54, 1.807) is 24.4 Å². The molecule has 0 bridgehead atoms. The molecule has 0 spiro atoms. The smallest absolute Gasteiger partial charge is 0.351 e.